The fourth-order valence-corrected chi connectivity index (χ4v) is 6.37. The Morgan fingerprint density at radius 1 is 1.03 bits per heavy atom. The molecular weight excluding hydrogens is 428 g/mol. The topological polar surface area (TPSA) is 84.9 Å². The zero-order valence-corrected chi connectivity index (χ0v) is 19.5. The van der Waals surface area contributed by atoms with Gasteiger partial charge in [0.25, 0.3) is 10.0 Å². The van der Waals surface area contributed by atoms with Crippen LogP contribution in [0.2, 0.25) is 0 Å². The van der Waals surface area contributed by atoms with Gasteiger partial charge in [-0.1, -0.05) is 24.1 Å². The minimum atomic E-state index is -4.03. The third kappa shape index (κ3) is 4.41. The van der Waals surface area contributed by atoms with Crippen LogP contribution >= 0.6 is 0 Å². The maximum Gasteiger partial charge on any atom is 0.264 e. The molecule has 3 atom stereocenters. The monoisotopic (exact) mass is 458 g/mol. The summed E-state index contributed by atoms with van der Waals surface area (Å²) in [5, 5.41) is 3.10. The van der Waals surface area contributed by atoms with Crippen molar-refractivity contribution in [2.45, 2.75) is 43.5 Å². The molecule has 0 unspecified atom stereocenters. The molecule has 172 valence electrons. The molecule has 2 aliphatic carbocycles. The fourth-order valence-electron chi connectivity index (χ4n) is 4.93. The normalized spacial score (nSPS) is 21.9. The Bertz CT molecular complexity index is 1080. The predicted octanol–water partition coefficient (Wildman–Crippen LogP) is 3.51. The highest BCUT2D eigenvalue weighted by Crippen LogP contribution is 2.44. The first-order chi connectivity index (χ1) is 15.3. The van der Waals surface area contributed by atoms with Crippen LogP contribution in [-0.4, -0.2) is 41.1 Å². The molecule has 2 fully saturated rings. The van der Waals surface area contributed by atoms with E-state index in [0.717, 1.165) is 29.1 Å². The van der Waals surface area contributed by atoms with Gasteiger partial charge in [0.05, 0.1) is 24.8 Å². The number of sulfonamides is 1. The molecule has 1 amide bonds. The summed E-state index contributed by atoms with van der Waals surface area (Å²) in [6.07, 6.45) is 4.53. The van der Waals surface area contributed by atoms with Gasteiger partial charge >= 0.3 is 0 Å². The summed E-state index contributed by atoms with van der Waals surface area (Å²) in [6, 6.07) is 11.7. The maximum absolute atomic E-state index is 13.6. The van der Waals surface area contributed by atoms with Crippen molar-refractivity contribution in [1.29, 1.82) is 0 Å². The highest BCUT2D eigenvalue weighted by molar-refractivity contribution is 7.92. The van der Waals surface area contributed by atoms with Crippen molar-refractivity contribution < 1.29 is 22.7 Å². The Labute approximate surface area is 189 Å². The summed E-state index contributed by atoms with van der Waals surface area (Å²) in [5.74, 6) is 1.66. The van der Waals surface area contributed by atoms with E-state index in [1.165, 1.54) is 32.8 Å². The predicted molar refractivity (Wildman–Crippen MR) is 123 cm³/mol. The molecule has 1 N–H and O–H groups in total. The van der Waals surface area contributed by atoms with Gasteiger partial charge in [0.15, 0.2) is 11.5 Å². The number of carbonyl (C=O) groups excluding carboxylic acids is 1. The Morgan fingerprint density at radius 3 is 2.34 bits per heavy atom. The van der Waals surface area contributed by atoms with Gasteiger partial charge in [-0.3, -0.25) is 9.10 Å². The van der Waals surface area contributed by atoms with Crippen LogP contribution in [0.4, 0.5) is 5.69 Å². The lowest BCUT2D eigenvalue weighted by atomic mass is 9.95. The summed E-state index contributed by atoms with van der Waals surface area (Å²) >= 11 is 0. The van der Waals surface area contributed by atoms with Gasteiger partial charge in [0.2, 0.25) is 5.91 Å². The largest absolute Gasteiger partial charge is 0.493 e. The van der Waals surface area contributed by atoms with Crippen molar-refractivity contribution in [2.24, 2.45) is 11.8 Å². The highest BCUT2D eigenvalue weighted by atomic mass is 32.2. The number of nitrogens with one attached hydrogen (secondary N) is 1. The van der Waals surface area contributed by atoms with E-state index in [-0.39, 0.29) is 23.4 Å². The number of benzene rings is 2. The number of rotatable bonds is 8. The molecular formula is C24H30N2O5S. The molecule has 2 saturated carbocycles. The second kappa shape index (κ2) is 9.02. The molecule has 8 heteroatoms. The molecule has 0 aromatic heterocycles. The summed E-state index contributed by atoms with van der Waals surface area (Å²) in [7, 11) is -1.08. The summed E-state index contributed by atoms with van der Waals surface area (Å²) in [4.78, 5) is 13.0. The van der Waals surface area contributed by atoms with Gasteiger partial charge in [-0.2, -0.15) is 0 Å². The van der Waals surface area contributed by atoms with Crippen LogP contribution in [0.3, 0.4) is 0 Å². The first kappa shape index (κ1) is 22.5. The van der Waals surface area contributed by atoms with Crippen LogP contribution in [0.15, 0.2) is 47.4 Å². The molecule has 2 bridgehead atoms. The van der Waals surface area contributed by atoms with Crippen molar-refractivity contribution in [3.63, 3.8) is 0 Å². The lowest BCUT2D eigenvalue weighted by molar-refractivity contribution is -0.120. The molecule has 0 spiro atoms. The number of ether oxygens (including phenoxy) is 2. The number of hydrogen-bond acceptors (Lipinski definition) is 5. The number of carbonyl (C=O) groups is 1. The first-order valence-corrected chi connectivity index (χ1v) is 12.4. The van der Waals surface area contributed by atoms with E-state index in [4.69, 9.17) is 9.47 Å². The van der Waals surface area contributed by atoms with Crippen LogP contribution in [0.1, 0.15) is 31.2 Å². The molecule has 2 aromatic rings. The molecule has 7 nitrogen and oxygen atoms in total. The Kier molecular flexibility index (Phi) is 6.33. The number of nitrogens with zero attached hydrogens (tertiary/aromatic N) is 1. The number of anilines is 1. The van der Waals surface area contributed by atoms with E-state index in [1.54, 1.807) is 18.2 Å². The number of fused-ring (bicyclic) bond motifs is 2. The quantitative estimate of drug-likeness (QED) is 0.654. The average Bonchev–Trinajstić information content (AvgIpc) is 3.41. The summed E-state index contributed by atoms with van der Waals surface area (Å²) in [5.41, 5.74) is 1.44. The fraction of sp³-hybridized carbons (Fsp3) is 0.458. The van der Waals surface area contributed by atoms with Gasteiger partial charge in [-0.05, 0) is 62.3 Å². The average molecular weight is 459 g/mol. The van der Waals surface area contributed by atoms with Gasteiger partial charge < -0.3 is 14.8 Å². The van der Waals surface area contributed by atoms with Crippen molar-refractivity contribution in [1.82, 2.24) is 5.32 Å². The summed E-state index contributed by atoms with van der Waals surface area (Å²) in [6.45, 7) is 1.65. The van der Waals surface area contributed by atoms with Crippen LogP contribution < -0.4 is 19.1 Å². The van der Waals surface area contributed by atoms with Gasteiger partial charge in [-0.15, -0.1) is 0 Å². The van der Waals surface area contributed by atoms with Crippen molar-refractivity contribution >= 4 is 21.6 Å². The summed E-state index contributed by atoms with van der Waals surface area (Å²) < 4.78 is 38.9. The van der Waals surface area contributed by atoms with Crippen molar-refractivity contribution in [3.05, 3.63) is 48.0 Å². The number of hydrogen-bond donors (Lipinski definition) is 1. The molecule has 2 aliphatic rings. The van der Waals surface area contributed by atoms with Crippen LogP contribution in [-0.2, 0) is 14.8 Å². The van der Waals surface area contributed by atoms with Crippen LogP contribution in [0.5, 0.6) is 11.5 Å². The second-order valence-electron chi connectivity index (χ2n) is 8.71. The molecule has 2 aromatic carbocycles. The zero-order chi connectivity index (χ0) is 22.9. The Hall–Kier alpha value is -2.74. The van der Waals surface area contributed by atoms with Crippen molar-refractivity contribution in [3.8, 4) is 11.5 Å². The molecule has 4 rings (SSSR count). The third-order valence-corrected chi connectivity index (χ3v) is 8.41. The maximum atomic E-state index is 13.6. The molecule has 0 saturated heterocycles. The minimum Gasteiger partial charge on any atom is -0.493 e. The van der Waals surface area contributed by atoms with Crippen LogP contribution in [0, 0.1) is 18.8 Å². The van der Waals surface area contributed by atoms with E-state index < -0.39 is 10.0 Å². The SMILES string of the molecule is COc1ccc(S(=O)(=O)N(CC(=O)N[C@H]2C[C@@H]3CC[C@@H]2C3)c2ccc(C)cc2)cc1OC. The lowest BCUT2D eigenvalue weighted by Gasteiger charge is -2.27. The van der Waals surface area contributed by atoms with E-state index in [9.17, 15) is 13.2 Å². The molecule has 0 aliphatic heterocycles. The first-order valence-electron chi connectivity index (χ1n) is 10.9. The number of aryl methyl sites for hydroxylation is 1. The Morgan fingerprint density at radius 2 is 1.75 bits per heavy atom. The zero-order valence-electron chi connectivity index (χ0n) is 18.7. The lowest BCUT2D eigenvalue weighted by Crippen LogP contribution is -2.46. The smallest absolute Gasteiger partial charge is 0.264 e. The third-order valence-electron chi connectivity index (χ3n) is 6.64. The standard InChI is InChI=1S/C24H30N2O5S/c1-16-4-8-19(9-5-16)26(15-24(27)25-21-13-17-6-7-18(21)12-17)32(28,29)20-10-11-22(30-2)23(14-20)31-3/h4-5,8-11,14,17-18,21H,6-7,12-13,15H2,1-3H3,(H,25,27)/t17-,18-,21+/m1/s1. The van der Waals surface area contributed by atoms with E-state index in [2.05, 4.69) is 5.32 Å². The van der Waals surface area contributed by atoms with Crippen LogP contribution in [0.25, 0.3) is 0 Å². The van der Waals surface area contributed by atoms with E-state index >= 15 is 0 Å². The van der Waals surface area contributed by atoms with Gasteiger partial charge in [0, 0.05) is 12.1 Å². The molecule has 0 heterocycles. The molecule has 0 radical (unpaired) electrons. The van der Waals surface area contributed by atoms with Crippen molar-refractivity contribution in [2.75, 3.05) is 25.1 Å². The van der Waals surface area contributed by atoms with E-state index in [0.29, 0.717) is 29.0 Å². The number of amides is 1. The van der Waals surface area contributed by atoms with Gasteiger partial charge in [0.1, 0.15) is 6.54 Å². The van der Waals surface area contributed by atoms with Gasteiger partial charge in [-0.25, -0.2) is 8.42 Å². The molecule has 32 heavy (non-hydrogen) atoms. The highest BCUT2D eigenvalue weighted by Gasteiger charge is 2.40. The second-order valence-corrected chi connectivity index (χ2v) is 10.6. The minimum absolute atomic E-state index is 0.0310. The van der Waals surface area contributed by atoms with E-state index in [1.807, 2.05) is 19.1 Å². The Balaban J connectivity index is 1.63. The number of methoxy groups -OCH3 is 2.